The summed E-state index contributed by atoms with van der Waals surface area (Å²) in [6.07, 6.45) is -0.122. The fourth-order valence-electron chi connectivity index (χ4n) is 3.94. The maximum Gasteiger partial charge on any atom is 0.0862 e. The molecule has 0 aliphatic heterocycles. The van der Waals surface area contributed by atoms with Crippen LogP contribution in [0, 0.1) is 17.3 Å². The van der Waals surface area contributed by atoms with Crippen LogP contribution in [0.25, 0.3) is 0 Å². The van der Waals surface area contributed by atoms with Crippen LogP contribution in [0.2, 0.25) is 0 Å². The summed E-state index contributed by atoms with van der Waals surface area (Å²) >= 11 is 0. The van der Waals surface area contributed by atoms with Gasteiger partial charge in [-0.1, -0.05) is 31.2 Å². The second kappa shape index (κ2) is 4.48. The molecule has 0 aromatic carbocycles. The lowest BCUT2D eigenvalue weighted by molar-refractivity contribution is -0.148. The van der Waals surface area contributed by atoms with E-state index in [9.17, 15) is 15.3 Å². The molecule has 0 radical (unpaired) electrons. The lowest BCUT2D eigenvalue weighted by Gasteiger charge is -2.55. The number of rotatable bonds is 1. The van der Waals surface area contributed by atoms with E-state index in [0.29, 0.717) is 6.42 Å². The molecule has 6 atom stereocenters. The summed E-state index contributed by atoms with van der Waals surface area (Å²) in [6.45, 7) is 11.8. The van der Waals surface area contributed by atoms with Gasteiger partial charge in [-0.15, -0.1) is 0 Å². The summed E-state index contributed by atoms with van der Waals surface area (Å²) in [6, 6.07) is 0. The van der Waals surface area contributed by atoms with Crippen molar-refractivity contribution in [3.05, 3.63) is 24.3 Å². The molecule has 0 amide bonds. The Morgan fingerprint density at radius 3 is 2.50 bits per heavy atom. The second-order valence-corrected chi connectivity index (χ2v) is 6.34. The zero-order chi connectivity index (χ0) is 13.7. The van der Waals surface area contributed by atoms with E-state index in [1.807, 2.05) is 13.8 Å². The molecule has 2 aliphatic carbocycles. The number of aliphatic hydroxyl groups excluding tert-OH is 3. The van der Waals surface area contributed by atoms with Gasteiger partial charge in [-0.2, -0.15) is 0 Å². The molecule has 0 bridgehead atoms. The maximum absolute atomic E-state index is 10.6. The summed E-state index contributed by atoms with van der Waals surface area (Å²) in [5, 5.41) is 30.7. The summed E-state index contributed by atoms with van der Waals surface area (Å²) in [7, 11) is 0. The Morgan fingerprint density at radius 1 is 1.33 bits per heavy atom. The summed E-state index contributed by atoms with van der Waals surface area (Å²) in [5.41, 5.74) is 1.37. The second-order valence-electron chi connectivity index (χ2n) is 6.34. The summed E-state index contributed by atoms with van der Waals surface area (Å²) < 4.78 is 0. The van der Waals surface area contributed by atoms with Gasteiger partial charge in [-0.05, 0) is 26.2 Å². The van der Waals surface area contributed by atoms with E-state index in [2.05, 4.69) is 13.2 Å². The van der Waals surface area contributed by atoms with Crippen LogP contribution in [0.4, 0.5) is 0 Å². The van der Waals surface area contributed by atoms with E-state index < -0.39 is 23.7 Å². The molecule has 6 unspecified atom stereocenters. The fraction of sp³-hybridized carbons (Fsp3) is 0.733. The van der Waals surface area contributed by atoms with Crippen LogP contribution in [-0.4, -0.2) is 33.6 Å². The van der Waals surface area contributed by atoms with Crippen LogP contribution >= 0.6 is 0 Å². The van der Waals surface area contributed by atoms with Gasteiger partial charge in [-0.3, -0.25) is 0 Å². The molecule has 3 N–H and O–H groups in total. The fourth-order valence-corrected chi connectivity index (χ4v) is 3.94. The topological polar surface area (TPSA) is 60.7 Å². The average molecular weight is 252 g/mol. The Hall–Kier alpha value is -0.640. The minimum Gasteiger partial charge on any atom is -0.392 e. The SMILES string of the molecule is C=C(C)C1CCC2(C)C(O)C(O)CC(=C)C2C1O. The van der Waals surface area contributed by atoms with Gasteiger partial charge in [0.25, 0.3) is 0 Å². The van der Waals surface area contributed by atoms with Crippen LogP contribution in [-0.2, 0) is 0 Å². The number of fused-ring (bicyclic) bond motifs is 1. The Labute approximate surface area is 109 Å². The first-order valence-corrected chi connectivity index (χ1v) is 6.66. The molecule has 0 spiro atoms. The molecule has 18 heavy (non-hydrogen) atoms. The van der Waals surface area contributed by atoms with Crippen LogP contribution in [0.5, 0.6) is 0 Å². The first kappa shape index (κ1) is 13.8. The molecule has 3 heteroatoms. The number of hydrogen-bond donors (Lipinski definition) is 3. The molecule has 2 saturated carbocycles. The van der Waals surface area contributed by atoms with Crippen molar-refractivity contribution in [1.29, 1.82) is 0 Å². The molecular weight excluding hydrogens is 228 g/mol. The largest absolute Gasteiger partial charge is 0.392 e. The lowest BCUT2D eigenvalue weighted by atomic mass is 9.53. The molecule has 0 aromatic rings. The van der Waals surface area contributed by atoms with Crippen LogP contribution in [0.15, 0.2) is 24.3 Å². The van der Waals surface area contributed by atoms with Crippen LogP contribution < -0.4 is 0 Å². The summed E-state index contributed by atoms with van der Waals surface area (Å²) in [5.74, 6) is -0.0754. The van der Waals surface area contributed by atoms with Crippen molar-refractivity contribution in [2.24, 2.45) is 17.3 Å². The zero-order valence-electron chi connectivity index (χ0n) is 11.3. The molecule has 0 saturated heterocycles. The van der Waals surface area contributed by atoms with Crippen molar-refractivity contribution in [2.75, 3.05) is 0 Å². The minimum atomic E-state index is -0.784. The van der Waals surface area contributed by atoms with E-state index in [4.69, 9.17) is 0 Å². The van der Waals surface area contributed by atoms with Crippen molar-refractivity contribution in [3.8, 4) is 0 Å². The number of hydrogen-bond acceptors (Lipinski definition) is 3. The molecule has 102 valence electrons. The predicted octanol–water partition coefficient (Wildman–Crippen LogP) is 1.64. The molecule has 3 nitrogen and oxygen atoms in total. The molecule has 0 heterocycles. The average Bonchev–Trinajstić information content (AvgIpc) is 2.25. The van der Waals surface area contributed by atoms with Crippen molar-refractivity contribution >= 4 is 0 Å². The quantitative estimate of drug-likeness (QED) is 0.622. The Kier molecular flexibility index (Phi) is 3.43. The van der Waals surface area contributed by atoms with E-state index in [-0.39, 0.29) is 11.8 Å². The highest BCUT2D eigenvalue weighted by Crippen LogP contribution is 2.54. The molecule has 2 rings (SSSR count). The third kappa shape index (κ3) is 1.85. The molecule has 2 aliphatic rings. The van der Waals surface area contributed by atoms with Crippen LogP contribution in [0.3, 0.4) is 0 Å². The van der Waals surface area contributed by atoms with E-state index in [1.165, 1.54) is 0 Å². The Morgan fingerprint density at radius 2 is 1.94 bits per heavy atom. The van der Waals surface area contributed by atoms with Gasteiger partial charge >= 0.3 is 0 Å². The Bertz CT molecular complexity index is 376. The van der Waals surface area contributed by atoms with Gasteiger partial charge < -0.3 is 15.3 Å². The van der Waals surface area contributed by atoms with E-state index in [0.717, 1.165) is 24.0 Å². The van der Waals surface area contributed by atoms with Gasteiger partial charge in [0.1, 0.15) is 0 Å². The normalized spacial score (nSPS) is 48.7. The van der Waals surface area contributed by atoms with E-state index in [1.54, 1.807) is 0 Å². The zero-order valence-corrected chi connectivity index (χ0v) is 11.3. The summed E-state index contributed by atoms with van der Waals surface area (Å²) in [4.78, 5) is 0. The monoisotopic (exact) mass is 252 g/mol. The van der Waals surface area contributed by atoms with E-state index >= 15 is 0 Å². The third-order valence-electron chi connectivity index (χ3n) is 5.04. The predicted molar refractivity (Wildman–Crippen MR) is 70.9 cm³/mol. The minimum absolute atomic E-state index is 0.0715. The third-order valence-corrected chi connectivity index (χ3v) is 5.04. The van der Waals surface area contributed by atoms with Crippen molar-refractivity contribution in [2.45, 2.75) is 51.4 Å². The number of aliphatic hydroxyl groups is 3. The first-order chi connectivity index (χ1) is 8.29. The highest BCUT2D eigenvalue weighted by atomic mass is 16.3. The first-order valence-electron chi connectivity index (χ1n) is 6.66. The van der Waals surface area contributed by atoms with Gasteiger partial charge in [0.15, 0.2) is 0 Å². The molecule has 2 fully saturated rings. The standard InChI is InChI=1S/C15H24O3/c1-8(2)10-5-6-15(4)12(13(10)17)9(3)7-11(16)14(15)18/h10-14,16-18H,1,3,5-7H2,2,4H3. The smallest absolute Gasteiger partial charge is 0.0862 e. The Balaban J connectivity index is 2.35. The van der Waals surface area contributed by atoms with Gasteiger partial charge in [0.2, 0.25) is 0 Å². The van der Waals surface area contributed by atoms with Gasteiger partial charge in [0.05, 0.1) is 18.3 Å². The maximum atomic E-state index is 10.6. The van der Waals surface area contributed by atoms with Crippen molar-refractivity contribution in [1.82, 2.24) is 0 Å². The van der Waals surface area contributed by atoms with Crippen molar-refractivity contribution in [3.63, 3.8) is 0 Å². The van der Waals surface area contributed by atoms with Gasteiger partial charge in [0, 0.05) is 17.3 Å². The lowest BCUT2D eigenvalue weighted by Crippen LogP contribution is -2.58. The van der Waals surface area contributed by atoms with Crippen LogP contribution in [0.1, 0.15) is 33.1 Å². The molecule has 0 aromatic heterocycles. The van der Waals surface area contributed by atoms with Gasteiger partial charge in [-0.25, -0.2) is 0 Å². The van der Waals surface area contributed by atoms with Crippen molar-refractivity contribution < 1.29 is 15.3 Å². The highest BCUT2D eigenvalue weighted by Gasteiger charge is 2.55. The molecular formula is C15H24O3. The highest BCUT2D eigenvalue weighted by molar-refractivity contribution is 5.22.